The summed E-state index contributed by atoms with van der Waals surface area (Å²) in [5.74, 6) is 2.37. The van der Waals surface area contributed by atoms with Crippen molar-refractivity contribution in [1.29, 1.82) is 0 Å². The number of carbonyl (C=O) groups excluding carboxylic acids is 1. The fraction of sp³-hybridized carbons (Fsp3) is 0.167. The first-order valence-electron chi connectivity index (χ1n) is 7.24. The van der Waals surface area contributed by atoms with Crippen LogP contribution in [0.2, 0.25) is 0 Å². The van der Waals surface area contributed by atoms with Crippen LogP contribution in [-0.4, -0.2) is 14.5 Å². The molecule has 0 aromatic heterocycles. The maximum Gasteiger partial charge on any atom is 0.430 e. The number of aryl methyl sites for hydroxylation is 2. The van der Waals surface area contributed by atoms with Gasteiger partial charge < -0.3 is 4.74 Å². The monoisotopic (exact) mass is 341 g/mol. The third-order valence-electron chi connectivity index (χ3n) is 3.85. The maximum atomic E-state index is 13.0. The van der Waals surface area contributed by atoms with Crippen LogP contribution in [0.15, 0.2) is 47.4 Å². The van der Waals surface area contributed by atoms with E-state index in [1.54, 1.807) is 37.3 Å². The van der Waals surface area contributed by atoms with Gasteiger partial charge in [0.25, 0.3) is 10.0 Å². The predicted molar refractivity (Wildman–Crippen MR) is 90.1 cm³/mol. The van der Waals surface area contributed by atoms with Crippen molar-refractivity contribution < 1.29 is 17.9 Å². The maximum absolute atomic E-state index is 13.0. The largest absolute Gasteiger partial charge is 0.430 e. The van der Waals surface area contributed by atoms with E-state index < -0.39 is 22.2 Å². The lowest BCUT2D eigenvalue weighted by Gasteiger charge is -2.32. The van der Waals surface area contributed by atoms with Gasteiger partial charge in [-0.15, -0.1) is 6.42 Å². The number of terminal acetylenes is 1. The average molecular weight is 341 g/mol. The zero-order chi connectivity index (χ0) is 17.5. The topological polar surface area (TPSA) is 63.7 Å². The molecule has 2 aromatic rings. The molecule has 6 heteroatoms. The zero-order valence-electron chi connectivity index (χ0n) is 13.2. The van der Waals surface area contributed by atoms with Crippen molar-refractivity contribution >= 4 is 21.8 Å². The first-order chi connectivity index (χ1) is 11.4. The second-order valence-electron chi connectivity index (χ2n) is 5.53. The Morgan fingerprint density at radius 3 is 2.42 bits per heavy atom. The van der Waals surface area contributed by atoms with E-state index in [0.717, 1.165) is 5.56 Å². The van der Waals surface area contributed by atoms with Gasteiger partial charge in [0.05, 0.1) is 10.6 Å². The first kappa shape index (κ1) is 16.1. The highest BCUT2D eigenvalue weighted by atomic mass is 32.2. The summed E-state index contributed by atoms with van der Waals surface area (Å²) in [5, 5.41) is 0. The zero-order valence-corrected chi connectivity index (χ0v) is 14.0. The molecule has 1 atom stereocenters. The summed E-state index contributed by atoms with van der Waals surface area (Å²) in [4.78, 5) is 12.4. The normalized spacial score (nSPS) is 17.0. The second-order valence-corrected chi connectivity index (χ2v) is 7.31. The minimum Gasteiger partial charge on any atom is -0.427 e. The number of benzene rings is 2. The third kappa shape index (κ3) is 2.43. The summed E-state index contributed by atoms with van der Waals surface area (Å²) >= 11 is 0. The van der Waals surface area contributed by atoms with Crippen molar-refractivity contribution in [3.8, 4) is 12.3 Å². The number of amides is 1. The van der Waals surface area contributed by atoms with Gasteiger partial charge in [0.15, 0.2) is 6.10 Å². The van der Waals surface area contributed by atoms with E-state index in [9.17, 15) is 13.2 Å². The standard InChI is InChI=1S/C18H15NO4S/c1-4-16-15-7-5-6-13(3)17(15)19(18(20)23-16)24(21,22)14-10-8-12(2)9-11-14/h1,5-11,16H,2-3H3. The van der Waals surface area contributed by atoms with E-state index >= 15 is 0 Å². The van der Waals surface area contributed by atoms with Gasteiger partial charge in [-0.25, -0.2) is 13.2 Å². The van der Waals surface area contributed by atoms with Gasteiger partial charge in [-0.05, 0) is 31.5 Å². The molecule has 3 rings (SSSR count). The van der Waals surface area contributed by atoms with E-state index in [1.807, 2.05) is 6.92 Å². The van der Waals surface area contributed by atoms with E-state index in [2.05, 4.69) is 5.92 Å². The number of sulfonamides is 1. The van der Waals surface area contributed by atoms with E-state index in [-0.39, 0.29) is 10.6 Å². The molecule has 5 nitrogen and oxygen atoms in total. The van der Waals surface area contributed by atoms with Crippen LogP contribution in [0.5, 0.6) is 0 Å². The van der Waals surface area contributed by atoms with Crippen molar-refractivity contribution in [2.75, 3.05) is 4.31 Å². The number of nitrogens with zero attached hydrogens (tertiary/aromatic N) is 1. The molecular formula is C18H15NO4S. The summed E-state index contributed by atoms with van der Waals surface area (Å²) in [5.41, 5.74) is 2.28. The van der Waals surface area contributed by atoms with Crippen LogP contribution in [0.4, 0.5) is 10.5 Å². The van der Waals surface area contributed by atoms with Crippen LogP contribution < -0.4 is 4.31 Å². The molecule has 122 valence electrons. The molecule has 0 saturated heterocycles. The Balaban J connectivity index is 2.23. The van der Waals surface area contributed by atoms with Gasteiger partial charge in [0.2, 0.25) is 0 Å². The molecule has 0 fully saturated rings. The second kappa shape index (κ2) is 5.69. The Morgan fingerprint density at radius 1 is 1.12 bits per heavy atom. The van der Waals surface area contributed by atoms with Crippen LogP contribution in [-0.2, 0) is 14.8 Å². The molecule has 0 N–H and O–H groups in total. The van der Waals surface area contributed by atoms with Gasteiger partial charge in [-0.3, -0.25) is 0 Å². The Hall–Kier alpha value is -2.78. The summed E-state index contributed by atoms with van der Waals surface area (Å²) in [7, 11) is -4.11. The number of para-hydroxylation sites is 1. The smallest absolute Gasteiger partial charge is 0.427 e. The number of hydrogen-bond acceptors (Lipinski definition) is 4. The highest BCUT2D eigenvalue weighted by molar-refractivity contribution is 7.93. The van der Waals surface area contributed by atoms with E-state index in [0.29, 0.717) is 15.4 Å². The average Bonchev–Trinajstić information content (AvgIpc) is 2.55. The number of fused-ring (bicyclic) bond motifs is 1. The minimum absolute atomic E-state index is 0.0124. The highest BCUT2D eigenvalue weighted by Crippen LogP contribution is 2.39. The van der Waals surface area contributed by atoms with Crippen molar-refractivity contribution in [3.63, 3.8) is 0 Å². The summed E-state index contributed by atoms with van der Waals surface area (Å²) in [6.07, 6.45) is 3.51. The number of ether oxygens (including phenoxy) is 1. The molecule has 0 radical (unpaired) electrons. The molecule has 0 saturated carbocycles. The van der Waals surface area contributed by atoms with Crippen molar-refractivity contribution in [3.05, 3.63) is 59.2 Å². The summed E-state index contributed by atoms with van der Waals surface area (Å²) in [6.45, 7) is 3.57. The number of cyclic esters (lactones) is 1. The van der Waals surface area contributed by atoms with Crippen molar-refractivity contribution in [2.45, 2.75) is 24.8 Å². The fourth-order valence-electron chi connectivity index (χ4n) is 2.63. The van der Waals surface area contributed by atoms with E-state index in [4.69, 9.17) is 11.2 Å². The number of hydrogen-bond donors (Lipinski definition) is 0. The molecular weight excluding hydrogens is 326 g/mol. The summed E-state index contributed by atoms with van der Waals surface area (Å²) in [6, 6.07) is 11.4. The van der Waals surface area contributed by atoms with Crippen LogP contribution in [0, 0.1) is 26.2 Å². The molecule has 1 aliphatic rings. The summed E-state index contributed by atoms with van der Waals surface area (Å²) < 4.78 is 31.8. The predicted octanol–water partition coefficient (Wildman–Crippen LogP) is 3.32. The molecule has 0 aliphatic carbocycles. The van der Waals surface area contributed by atoms with Gasteiger partial charge in [-0.1, -0.05) is 41.8 Å². The molecule has 1 heterocycles. The Kier molecular flexibility index (Phi) is 3.82. The van der Waals surface area contributed by atoms with Crippen molar-refractivity contribution in [2.24, 2.45) is 0 Å². The first-order valence-corrected chi connectivity index (χ1v) is 8.68. The van der Waals surface area contributed by atoms with Crippen LogP contribution in [0.1, 0.15) is 22.8 Å². The van der Waals surface area contributed by atoms with Gasteiger partial charge in [0, 0.05) is 5.56 Å². The van der Waals surface area contributed by atoms with Gasteiger partial charge >= 0.3 is 6.09 Å². The van der Waals surface area contributed by atoms with Crippen LogP contribution >= 0.6 is 0 Å². The Bertz CT molecular complexity index is 956. The lowest BCUT2D eigenvalue weighted by molar-refractivity contribution is 0.130. The number of carbonyl (C=O) groups is 1. The van der Waals surface area contributed by atoms with Crippen LogP contribution in [0.25, 0.3) is 0 Å². The molecule has 1 aliphatic heterocycles. The number of rotatable bonds is 2. The molecule has 1 amide bonds. The molecule has 1 unspecified atom stereocenters. The lowest BCUT2D eigenvalue weighted by atomic mass is 10.0. The lowest BCUT2D eigenvalue weighted by Crippen LogP contribution is -2.42. The van der Waals surface area contributed by atoms with E-state index in [1.165, 1.54) is 12.1 Å². The Labute approximate surface area is 140 Å². The SMILES string of the molecule is C#CC1OC(=O)N(S(=O)(=O)c2ccc(C)cc2)c2c(C)cccc21. The number of anilines is 1. The molecule has 2 aromatic carbocycles. The van der Waals surface area contributed by atoms with Gasteiger partial charge in [-0.2, -0.15) is 4.31 Å². The fourth-order valence-corrected chi connectivity index (χ4v) is 4.05. The quantitative estimate of drug-likeness (QED) is 0.786. The van der Waals surface area contributed by atoms with Gasteiger partial charge in [0.1, 0.15) is 0 Å². The molecule has 0 spiro atoms. The molecule has 24 heavy (non-hydrogen) atoms. The van der Waals surface area contributed by atoms with Crippen molar-refractivity contribution in [1.82, 2.24) is 0 Å². The van der Waals surface area contributed by atoms with Crippen LogP contribution in [0.3, 0.4) is 0 Å². The Morgan fingerprint density at radius 2 is 1.79 bits per heavy atom. The minimum atomic E-state index is -4.11. The highest BCUT2D eigenvalue weighted by Gasteiger charge is 2.41. The third-order valence-corrected chi connectivity index (χ3v) is 5.53. The molecule has 0 bridgehead atoms.